The normalized spacial score (nSPS) is 16.2. The van der Waals surface area contributed by atoms with Crippen molar-refractivity contribution in [2.45, 2.75) is 31.8 Å². The van der Waals surface area contributed by atoms with Gasteiger partial charge in [-0.1, -0.05) is 74.0 Å². The summed E-state index contributed by atoms with van der Waals surface area (Å²) in [5.41, 5.74) is 1.55. The summed E-state index contributed by atoms with van der Waals surface area (Å²) in [5.74, 6) is -1.46. The molecule has 0 spiro atoms. The van der Waals surface area contributed by atoms with Crippen molar-refractivity contribution in [3.8, 4) is 21.0 Å². The van der Waals surface area contributed by atoms with Crippen molar-refractivity contribution in [1.82, 2.24) is 20.5 Å². The Labute approximate surface area is 242 Å². The van der Waals surface area contributed by atoms with Crippen LogP contribution in [0.3, 0.4) is 0 Å². The minimum Gasteiger partial charge on any atom is -0.449 e. The highest BCUT2D eigenvalue weighted by Crippen LogP contribution is 2.37. The lowest BCUT2D eigenvalue weighted by Crippen LogP contribution is -2.61. The third-order valence-electron chi connectivity index (χ3n) is 6.50. The Bertz CT molecular complexity index is 1400. The molecule has 1 aliphatic heterocycles. The van der Waals surface area contributed by atoms with Crippen LogP contribution in [0.1, 0.15) is 30.3 Å². The van der Waals surface area contributed by atoms with Crippen LogP contribution in [0.5, 0.6) is 0 Å². The zero-order chi connectivity index (χ0) is 29.4. The van der Waals surface area contributed by atoms with E-state index in [0.29, 0.717) is 22.9 Å². The second kappa shape index (κ2) is 14.0. The number of unbranched alkanes of at least 4 members (excludes halogenated alkanes) is 1. The van der Waals surface area contributed by atoms with E-state index in [1.165, 1.54) is 16.2 Å². The molecule has 1 unspecified atom stereocenters. The first-order valence-corrected chi connectivity index (χ1v) is 15.9. The minimum atomic E-state index is -4.76. The van der Waals surface area contributed by atoms with E-state index >= 15 is 0 Å². The monoisotopic (exact) mass is 600 g/mol. The highest BCUT2D eigenvalue weighted by Gasteiger charge is 2.40. The quantitative estimate of drug-likeness (QED) is 0.191. The summed E-state index contributed by atoms with van der Waals surface area (Å²) in [6.45, 7) is 2.79. The number of rotatable bonds is 11. The third-order valence-corrected chi connectivity index (χ3v) is 8.49. The van der Waals surface area contributed by atoms with Crippen molar-refractivity contribution in [3.05, 3.63) is 66.4 Å². The molecule has 1 aromatic heterocycles. The topological polar surface area (TPSA) is 158 Å². The summed E-state index contributed by atoms with van der Waals surface area (Å²) in [4.78, 5) is 66.1. The van der Waals surface area contributed by atoms with E-state index in [2.05, 4.69) is 15.6 Å². The van der Waals surface area contributed by atoms with Gasteiger partial charge in [-0.2, -0.15) is 0 Å². The fraction of sp³-hybridized carbons (Fsp3) is 0.357. The number of thiazole rings is 1. The van der Waals surface area contributed by atoms with Gasteiger partial charge >= 0.3 is 13.7 Å². The summed E-state index contributed by atoms with van der Waals surface area (Å²) >= 11 is 1.29. The maximum absolute atomic E-state index is 13.7. The number of aromatic nitrogens is 1. The van der Waals surface area contributed by atoms with Crippen LogP contribution < -0.4 is 10.6 Å². The number of hydrogen-bond donors (Lipinski definition) is 4. The van der Waals surface area contributed by atoms with Crippen LogP contribution in [0.4, 0.5) is 4.79 Å². The molecule has 1 aliphatic rings. The Morgan fingerprint density at radius 3 is 2.41 bits per heavy atom. The third kappa shape index (κ3) is 8.08. The predicted molar refractivity (Wildman–Crippen MR) is 156 cm³/mol. The molecule has 0 bridgehead atoms. The van der Waals surface area contributed by atoms with E-state index in [9.17, 15) is 28.7 Å². The maximum Gasteiger partial charge on any atom is 0.410 e. The zero-order valence-corrected chi connectivity index (χ0v) is 24.3. The number of ether oxygens (including phenoxy) is 1. The molecule has 41 heavy (non-hydrogen) atoms. The highest BCUT2D eigenvalue weighted by molar-refractivity contribution is 7.51. The molecule has 3 aromatic rings. The molecule has 0 saturated carbocycles. The molecule has 0 radical (unpaired) electrons. The summed E-state index contributed by atoms with van der Waals surface area (Å²) < 4.78 is 17.4. The molecule has 2 atom stereocenters. The molecule has 2 amide bonds. The van der Waals surface area contributed by atoms with Crippen LogP contribution >= 0.6 is 18.9 Å². The fourth-order valence-electron chi connectivity index (χ4n) is 4.43. The lowest BCUT2D eigenvalue weighted by Gasteiger charge is -2.36. The van der Waals surface area contributed by atoms with Gasteiger partial charge in [0, 0.05) is 25.2 Å². The lowest BCUT2D eigenvalue weighted by atomic mass is 10.0. The SMILES string of the molecule is CCCCOC(=O)N1CCNCC1C(=O)[C@H](CP(=O)(O)O)NC(=O)c1nc(-c2ccccc2)sc1-c1ccccc1. The molecule has 218 valence electrons. The molecule has 1 fully saturated rings. The number of carbonyl (C=O) groups is 3. The summed E-state index contributed by atoms with van der Waals surface area (Å²) in [6.07, 6.45) is -0.127. The Morgan fingerprint density at radius 2 is 1.78 bits per heavy atom. The Balaban J connectivity index is 1.64. The van der Waals surface area contributed by atoms with Gasteiger partial charge in [0.2, 0.25) is 0 Å². The first-order chi connectivity index (χ1) is 19.7. The molecular weight excluding hydrogens is 567 g/mol. The Hall–Kier alpha value is -3.41. The zero-order valence-electron chi connectivity index (χ0n) is 22.6. The summed E-state index contributed by atoms with van der Waals surface area (Å²) in [5, 5.41) is 6.14. The van der Waals surface area contributed by atoms with E-state index < -0.39 is 43.6 Å². The van der Waals surface area contributed by atoms with Crippen LogP contribution in [0.2, 0.25) is 0 Å². The van der Waals surface area contributed by atoms with E-state index in [1.54, 1.807) is 0 Å². The molecule has 1 saturated heterocycles. The van der Waals surface area contributed by atoms with Crippen molar-refractivity contribution < 1.29 is 33.5 Å². The van der Waals surface area contributed by atoms with Crippen LogP contribution in [0, 0.1) is 0 Å². The van der Waals surface area contributed by atoms with Gasteiger partial charge in [0.05, 0.1) is 17.6 Å². The number of nitrogens with zero attached hydrogens (tertiary/aromatic N) is 2. The molecular formula is C28H33N4O7PS. The number of piperazine rings is 1. The van der Waals surface area contributed by atoms with E-state index in [0.717, 1.165) is 17.5 Å². The lowest BCUT2D eigenvalue weighted by molar-refractivity contribution is -0.125. The number of benzene rings is 2. The first kappa shape index (κ1) is 30.5. The van der Waals surface area contributed by atoms with Crippen molar-refractivity contribution in [3.63, 3.8) is 0 Å². The van der Waals surface area contributed by atoms with Gasteiger partial charge in [-0.05, 0) is 12.0 Å². The van der Waals surface area contributed by atoms with Crippen molar-refractivity contribution in [2.75, 3.05) is 32.4 Å². The number of amides is 2. The highest BCUT2D eigenvalue weighted by atomic mass is 32.1. The molecule has 13 heteroatoms. The number of carbonyl (C=O) groups excluding carboxylic acids is 3. The van der Waals surface area contributed by atoms with Gasteiger partial charge < -0.3 is 25.2 Å². The van der Waals surface area contributed by atoms with Gasteiger partial charge in [-0.3, -0.25) is 19.1 Å². The Kier molecular flexibility index (Phi) is 10.4. The number of hydrogen-bond acceptors (Lipinski definition) is 8. The number of ketones is 1. The molecule has 2 aromatic carbocycles. The Morgan fingerprint density at radius 1 is 1.12 bits per heavy atom. The van der Waals surface area contributed by atoms with Crippen LogP contribution in [0.25, 0.3) is 21.0 Å². The number of Topliss-reactive ketones (excluding diaryl/α,β-unsaturated/α-hetero) is 1. The number of nitrogens with one attached hydrogen (secondary N) is 2. The van der Waals surface area contributed by atoms with Crippen molar-refractivity contribution >= 4 is 36.7 Å². The van der Waals surface area contributed by atoms with Crippen LogP contribution in [0.15, 0.2) is 60.7 Å². The van der Waals surface area contributed by atoms with Crippen LogP contribution in [-0.2, 0) is 14.1 Å². The second-order valence-electron chi connectivity index (χ2n) is 9.59. The van der Waals surface area contributed by atoms with E-state index in [4.69, 9.17) is 4.74 Å². The average molecular weight is 601 g/mol. The summed E-state index contributed by atoms with van der Waals surface area (Å²) in [6, 6.07) is 15.8. The summed E-state index contributed by atoms with van der Waals surface area (Å²) in [7, 11) is -4.76. The molecule has 11 nitrogen and oxygen atoms in total. The molecule has 0 aliphatic carbocycles. The first-order valence-electron chi connectivity index (χ1n) is 13.3. The fourth-order valence-corrected chi connectivity index (χ4v) is 6.25. The van der Waals surface area contributed by atoms with Gasteiger partial charge in [0.15, 0.2) is 5.78 Å². The smallest absolute Gasteiger partial charge is 0.410 e. The van der Waals surface area contributed by atoms with Gasteiger partial charge in [-0.25, -0.2) is 9.78 Å². The minimum absolute atomic E-state index is 0.0289. The largest absolute Gasteiger partial charge is 0.449 e. The van der Waals surface area contributed by atoms with E-state index in [-0.39, 0.29) is 25.4 Å². The van der Waals surface area contributed by atoms with E-state index in [1.807, 2.05) is 67.6 Å². The standard InChI is InChI=1S/C28H33N4O7PS/c1-2-3-16-39-28(35)32-15-14-29-17-22(32)24(33)21(18-40(36,37)38)30-26(34)23-25(19-10-6-4-7-11-19)41-27(31-23)20-12-8-5-9-13-20/h4-13,21-22,29H,2-3,14-18H2,1H3,(H,30,34)(H2,36,37,38)/t21-,22?/m0/s1. The van der Waals surface area contributed by atoms with Gasteiger partial charge in [0.1, 0.15) is 22.8 Å². The maximum atomic E-state index is 13.7. The van der Waals surface area contributed by atoms with Crippen LogP contribution in [-0.4, -0.2) is 81.9 Å². The average Bonchev–Trinajstić information content (AvgIpc) is 3.43. The molecule has 4 rings (SSSR count). The predicted octanol–water partition coefficient (Wildman–Crippen LogP) is 3.53. The van der Waals surface area contributed by atoms with Crippen molar-refractivity contribution in [2.24, 2.45) is 0 Å². The molecule has 4 N–H and O–H groups in total. The molecule has 2 heterocycles. The van der Waals surface area contributed by atoms with Crippen molar-refractivity contribution in [1.29, 1.82) is 0 Å². The van der Waals surface area contributed by atoms with Gasteiger partial charge in [0.25, 0.3) is 5.91 Å². The second-order valence-corrected chi connectivity index (χ2v) is 12.3. The van der Waals surface area contributed by atoms with Gasteiger partial charge in [-0.15, -0.1) is 11.3 Å².